The van der Waals surface area contributed by atoms with E-state index in [1.165, 1.54) is 34.9 Å². The minimum absolute atomic E-state index is 0.0154. The van der Waals surface area contributed by atoms with Gasteiger partial charge in [-0.05, 0) is 43.2 Å². The monoisotopic (exact) mass is 530 g/mol. The predicted molar refractivity (Wildman–Crippen MR) is 141 cm³/mol. The third kappa shape index (κ3) is 6.08. The number of thiazole rings is 2. The molecule has 0 bridgehead atoms. The topological polar surface area (TPSA) is 93.2 Å². The van der Waals surface area contributed by atoms with Crippen LogP contribution in [-0.2, 0) is 14.3 Å². The molecule has 1 aliphatic heterocycles. The molecule has 176 valence electrons. The fourth-order valence-corrected chi connectivity index (χ4v) is 7.30. The van der Waals surface area contributed by atoms with Crippen LogP contribution in [0.5, 0.6) is 0 Å². The first kappa shape index (κ1) is 23.6. The summed E-state index contributed by atoms with van der Waals surface area (Å²) in [6, 6.07) is 13.6. The number of nitrogens with one attached hydrogen (secondary N) is 2. The summed E-state index contributed by atoms with van der Waals surface area (Å²) in [7, 11) is 0. The molecule has 11 heteroatoms. The highest BCUT2D eigenvalue weighted by atomic mass is 32.2. The van der Waals surface area contributed by atoms with Gasteiger partial charge in [0.25, 0.3) is 0 Å². The average Bonchev–Trinajstić information content (AvgIpc) is 3.59. The number of aromatic nitrogens is 2. The number of rotatable bonds is 9. The number of amides is 2. The second kappa shape index (κ2) is 11.0. The number of carbonyl (C=O) groups is 2. The molecule has 1 saturated heterocycles. The lowest BCUT2D eigenvalue weighted by Gasteiger charge is -2.09. The van der Waals surface area contributed by atoms with Crippen molar-refractivity contribution in [3.05, 3.63) is 42.5 Å². The molecule has 1 fully saturated rings. The van der Waals surface area contributed by atoms with E-state index in [1.54, 1.807) is 11.3 Å². The van der Waals surface area contributed by atoms with Crippen LogP contribution in [0.15, 0.2) is 51.1 Å². The molecule has 5 rings (SSSR count). The average molecular weight is 531 g/mol. The lowest BCUT2D eigenvalue weighted by Crippen LogP contribution is -2.32. The Kier molecular flexibility index (Phi) is 7.65. The Hall–Kier alpha value is -2.18. The van der Waals surface area contributed by atoms with Gasteiger partial charge in [0.1, 0.15) is 0 Å². The standard InChI is InChI=1S/C23H22N4O3S4/c28-20(24-11-15-4-3-9-30-15)12-31-23-27-17-8-7-14(10-19(17)34-23)25-21(29)13-32-22-26-16-5-1-2-6-18(16)33-22/h1-2,5-8,10,15H,3-4,9,11-13H2,(H,24,28)(H,25,29)/t15-/m1/s1. The maximum atomic E-state index is 12.5. The van der Waals surface area contributed by atoms with Crippen molar-refractivity contribution in [1.29, 1.82) is 0 Å². The van der Waals surface area contributed by atoms with Gasteiger partial charge >= 0.3 is 0 Å². The number of thioether (sulfide) groups is 2. The van der Waals surface area contributed by atoms with Gasteiger partial charge in [-0.1, -0.05) is 35.7 Å². The van der Waals surface area contributed by atoms with E-state index in [2.05, 4.69) is 20.6 Å². The number of ether oxygens (including phenoxy) is 1. The Morgan fingerprint density at radius 3 is 2.47 bits per heavy atom. The summed E-state index contributed by atoms with van der Waals surface area (Å²) in [6.07, 6.45) is 2.21. The molecule has 0 aliphatic carbocycles. The smallest absolute Gasteiger partial charge is 0.234 e. The molecule has 1 atom stereocenters. The van der Waals surface area contributed by atoms with Crippen molar-refractivity contribution in [2.75, 3.05) is 30.0 Å². The maximum Gasteiger partial charge on any atom is 0.234 e. The minimum atomic E-state index is -0.0781. The zero-order valence-corrected chi connectivity index (χ0v) is 21.4. The van der Waals surface area contributed by atoms with E-state index in [0.717, 1.165) is 54.2 Å². The number of anilines is 1. The molecule has 0 radical (unpaired) electrons. The van der Waals surface area contributed by atoms with Gasteiger partial charge in [-0.2, -0.15) is 0 Å². The van der Waals surface area contributed by atoms with Gasteiger partial charge < -0.3 is 15.4 Å². The molecule has 2 amide bonds. The SMILES string of the molecule is O=C(CSc1nc2ccc(NC(=O)CSc3nc4ccccc4s3)cc2s1)NC[C@H]1CCCO1. The zero-order valence-electron chi connectivity index (χ0n) is 18.1. The van der Waals surface area contributed by atoms with E-state index in [0.29, 0.717) is 18.1 Å². The van der Waals surface area contributed by atoms with Gasteiger partial charge in [-0.25, -0.2) is 9.97 Å². The van der Waals surface area contributed by atoms with E-state index in [-0.39, 0.29) is 17.9 Å². The fourth-order valence-electron chi connectivity index (χ4n) is 3.49. The number of nitrogens with zero attached hydrogens (tertiary/aromatic N) is 2. The van der Waals surface area contributed by atoms with E-state index in [4.69, 9.17) is 4.74 Å². The summed E-state index contributed by atoms with van der Waals surface area (Å²) in [5.74, 6) is 0.519. The molecular formula is C23H22N4O3S4. The predicted octanol–water partition coefficient (Wildman–Crippen LogP) is 5.02. The highest BCUT2D eigenvalue weighted by Gasteiger charge is 2.16. The third-order valence-electron chi connectivity index (χ3n) is 5.13. The van der Waals surface area contributed by atoms with Crippen molar-refractivity contribution in [2.24, 2.45) is 0 Å². The van der Waals surface area contributed by atoms with E-state index in [1.807, 2.05) is 42.5 Å². The number of benzene rings is 2. The summed E-state index contributed by atoms with van der Waals surface area (Å²) in [5.41, 5.74) is 2.55. The molecule has 0 saturated carbocycles. The van der Waals surface area contributed by atoms with Crippen LogP contribution in [0, 0.1) is 0 Å². The number of carbonyl (C=O) groups excluding carboxylic acids is 2. The summed E-state index contributed by atoms with van der Waals surface area (Å²) in [5, 5.41) is 5.88. The normalized spacial score (nSPS) is 15.7. The van der Waals surface area contributed by atoms with E-state index in [9.17, 15) is 9.59 Å². The summed E-state index contributed by atoms with van der Waals surface area (Å²) in [4.78, 5) is 33.7. The summed E-state index contributed by atoms with van der Waals surface area (Å²) < 4.78 is 9.34. The highest BCUT2D eigenvalue weighted by Crippen LogP contribution is 2.32. The van der Waals surface area contributed by atoms with Gasteiger partial charge in [0.05, 0.1) is 38.0 Å². The second-order valence-corrected chi connectivity index (χ2v) is 12.2. The summed E-state index contributed by atoms with van der Waals surface area (Å²) >= 11 is 5.97. The molecule has 2 N–H and O–H groups in total. The van der Waals surface area contributed by atoms with Crippen LogP contribution >= 0.6 is 46.2 Å². The van der Waals surface area contributed by atoms with Crippen molar-refractivity contribution < 1.29 is 14.3 Å². The number of hydrogen-bond donors (Lipinski definition) is 2. The molecule has 1 aliphatic rings. The van der Waals surface area contributed by atoms with Crippen LogP contribution in [-0.4, -0.2) is 52.5 Å². The van der Waals surface area contributed by atoms with E-state index < -0.39 is 0 Å². The Balaban J connectivity index is 1.11. The number of para-hydroxylation sites is 1. The molecule has 2 aromatic heterocycles. The van der Waals surface area contributed by atoms with Crippen molar-refractivity contribution in [3.63, 3.8) is 0 Å². The fraction of sp³-hybridized carbons (Fsp3) is 0.304. The zero-order chi connectivity index (χ0) is 23.3. The van der Waals surface area contributed by atoms with Crippen molar-refractivity contribution in [1.82, 2.24) is 15.3 Å². The van der Waals surface area contributed by atoms with Crippen molar-refractivity contribution >= 4 is 84.1 Å². The van der Waals surface area contributed by atoms with Crippen LogP contribution < -0.4 is 10.6 Å². The van der Waals surface area contributed by atoms with E-state index >= 15 is 0 Å². The lowest BCUT2D eigenvalue weighted by molar-refractivity contribution is -0.119. The quantitative estimate of drug-likeness (QED) is 0.293. The molecule has 4 aromatic rings. The minimum Gasteiger partial charge on any atom is -0.376 e. The largest absolute Gasteiger partial charge is 0.376 e. The Morgan fingerprint density at radius 2 is 1.71 bits per heavy atom. The number of hydrogen-bond acceptors (Lipinski definition) is 9. The molecular weight excluding hydrogens is 509 g/mol. The molecule has 2 aromatic carbocycles. The first-order valence-electron chi connectivity index (χ1n) is 10.8. The summed E-state index contributed by atoms with van der Waals surface area (Å²) in [6.45, 7) is 1.35. The molecule has 0 unspecified atom stereocenters. The van der Waals surface area contributed by atoms with Gasteiger partial charge in [-0.15, -0.1) is 22.7 Å². The van der Waals surface area contributed by atoms with Crippen LogP contribution in [0.4, 0.5) is 5.69 Å². The molecule has 7 nitrogen and oxygen atoms in total. The van der Waals surface area contributed by atoms with Crippen LogP contribution in [0.1, 0.15) is 12.8 Å². The van der Waals surface area contributed by atoms with Crippen molar-refractivity contribution in [3.8, 4) is 0 Å². The number of fused-ring (bicyclic) bond motifs is 2. The Labute approximate surface area is 213 Å². The van der Waals surface area contributed by atoms with Crippen LogP contribution in [0.25, 0.3) is 20.4 Å². The van der Waals surface area contributed by atoms with Gasteiger partial charge in [0, 0.05) is 18.8 Å². The van der Waals surface area contributed by atoms with Gasteiger partial charge in [-0.3, -0.25) is 9.59 Å². The maximum absolute atomic E-state index is 12.5. The first-order chi connectivity index (χ1) is 16.6. The van der Waals surface area contributed by atoms with Crippen LogP contribution in [0.3, 0.4) is 0 Å². The third-order valence-corrected chi connectivity index (χ3v) is 9.47. The molecule has 34 heavy (non-hydrogen) atoms. The highest BCUT2D eigenvalue weighted by molar-refractivity contribution is 8.02. The van der Waals surface area contributed by atoms with Gasteiger partial charge in [0.15, 0.2) is 8.68 Å². The van der Waals surface area contributed by atoms with Gasteiger partial charge in [0.2, 0.25) is 11.8 Å². The lowest BCUT2D eigenvalue weighted by atomic mass is 10.2. The molecule has 0 spiro atoms. The van der Waals surface area contributed by atoms with Crippen LogP contribution in [0.2, 0.25) is 0 Å². The Bertz CT molecular complexity index is 1280. The van der Waals surface area contributed by atoms with Crippen molar-refractivity contribution in [2.45, 2.75) is 27.6 Å². The molecule has 3 heterocycles. The Morgan fingerprint density at radius 1 is 0.971 bits per heavy atom. The first-order valence-corrected chi connectivity index (χ1v) is 14.4. The second-order valence-electron chi connectivity index (χ2n) is 7.67.